The van der Waals surface area contributed by atoms with Crippen molar-refractivity contribution in [1.82, 2.24) is 9.97 Å². The molecule has 90 valence electrons. The lowest BCUT2D eigenvalue weighted by atomic mass is 9.85. The molecule has 3 nitrogen and oxygen atoms in total. The highest BCUT2D eigenvalue weighted by Crippen LogP contribution is 2.43. The molecule has 0 unspecified atom stereocenters. The van der Waals surface area contributed by atoms with Gasteiger partial charge in [0.1, 0.15) is 6.29 Å². The van der Waals surface area contributed by atoms with E-state index in [9.17, 15) is 4.79 Å². The van der Waals surface area contributed by atoms with Crippen LogP contribution in [0.1, 0.15) is 32.2 Å². The average molecular weight is 238 g/mol. The Morgan fingerprint density at radius 1 is 1.11 bits per heavy atom. The molecule has 1 aromatic carbocycles. The molecule has 0 aliphatic heterocycles. The van der Waals surface area contributed by atoms with Gasteiger partial charge in [0.15, 0.2) is 0 Å². The molecule has 0 atom stereocenters. The van der Waals surface area contributed by atoms with E-state index < -0.39 is 0 Å². The first-order chi connectivity index (χ1) is 8.55. The number of nitrogens with zero attached hydrogens (tertiary/aromatic N) is 2. The molecule has 3 rings (SSSR count). The van der Waals surface area contributed by atoms with E-state index >= 15 is 0 Å². The Labute approximate surface area is 106 Å². The number of carbonyl (C=O) groups excluding carboxylic acids is 1. The van der Waals surface area contributed by atoms with Crippen molar-refractivity contribution in [2.24, 2.45) is 0 Å². The smallest absolute Gasteiger partial charge is 0.147 e. The molecule has 1 aliphatic carbocycles. The van der Waals surface area contributed by atoms with Gasteiger partial charge in [-0.2, -0.15) is 0 Å². The second kappa shape index (κ2) is 3.48. The fraction of sp³-hybridized carbons (Fsp3) is 0.267. The van der Waals surface area contributed by atoms with Crippen LogP contribution in [0.15, 0.2) is 29.8 Å². The molecule has 0 N–H and O–H groups in total. The molecule has 0 amide bonds. The summed E-state index contributed by atoms with van der Waals surface area (Å²) in [6.45, 7) is 5.99. The summed E-state index contributed by atoms with van der Waals surface area (Å²) in [6.07, 6.45) is 0.934. The second-order valence-corrected chi connectivity index (χ2v) is 5.19. The zero-order valence-corrected chi connectivity index (χ0v) is 10.7. The Bertz CT molecular complexity index is 699. The summed E-state index contributed by atoms with van der Waals surface area (Å²) in [5, 5.41) is 0. The lowest BCUT2D eigenvalue weighted by Crippen LogP contribution is -2.20. The molecule has 1 aromatic heterocycles. The third-order valence-electron chi connectivity index (χ3n) is 3.71. The number of benzene rings is 1. The first-order valence-electron chi connectivity index (χ1n) is 6.00. The van der Waals surface area contributed by atoms with Crippen LogP contribution in [0.4, 0.5) is 0 Å². The molecule has 0 saturated carbocycles. The maximum absolute atomic E-state index is 11.3. The topological polar surface area (TPSA) is 42.9 Å². The highest BCUT2D eigenvalue weighted by Gasteiger charge is 2.38. The summed E-state index contributed by atoms with van der Waals surface area (Å²) in [6, 6.07) is 7.80. The van der Waals surface area contributed by atoms with Crippen LogP contribution < -0.4 is 0 Å². The highest BCUT2D eigenvalue weighted by molar-refractivity contribution is 5.95. The average Bonchev–Trinajstić information content (AvgIpc) is 2.55. The van der Waals surface area contributed by atoms with Crippen molar-refractivity contribution in [2.75, 3.05) is 0 Å². The molecule has 0 saturated heterocycles. The van der Waals surface area contributed by atoms with Crippen LogP contribution in [-0.4, -0.2) is 16.3 Å². The molecule has 0 bridgehead atoms. The van der Waals surface area contributed by atoms with Crippen molar-refractivity contribution < 1.29 is 4.79 Å². The Kier molecular flexibility index (Phi) is 2.14. The van der Waals surface area contributed by atoms with Gasteiger partial charge in [-0.15, -0.1) is 0 Å². The lowest BCUT2D eigenvalue weighted by Gasteiger charge is -2.19. The largest absolute Gasteiger partial charge is 0.298 e. The van der Waals surface area contributed by atoms with Gasteiger partial charge in [-0.05, 0) is 38.5 Å². The lowest BCUT2D eigenvalue weighted by molar-refractivity contribution is -0.105. The number of aldehydes is 1. The summed E-state index contributed by atoms with van der Waals surface area (Å²) in [5.74, 6) is 0. The minimum Gasteiger partial charge on any atom is -0.298 e. The summed E-state index contributed by atoms with van der Waals surface area (Å²) >= 11 is 0. The summed E-state index contributed by atoms with van der Waals surface area (Å²) in [5.41, 5.74) is 4.90. The van der Waals surface area contributed by atoms with Crippen LogP contribution in [0, 0.1) is 0 Å². The Hall–Kier alpha value is -2.03. The van der Waals surface area contributed by atoms with Crippen molar-refractivity contribution in [3.05, 3.63) is 41.2 Å². The molecule has 0 fully saturated rings. The predicted molar refractivity (Wildman–Crippen MR) is 71.2 cm³/mol. The molecule has 1 aliphatic rings. The predicted octanol–water partition coefficient (Wildman–Crippen LogP) is 2.89. The number of carbonyl (C=O) groups is 1. The quantitative estimate of drug-likeness (QED) is 0.717. The van der Waals surface area contributed by atoms with E-state index in [4.69, 9.17) is 4.98 Å². The summed E-state index contributed by atoms with van der Waals surface area (Å²) in [4.78, 5) is 20.6. The fourth-order valence-electron chi connectivity index (χ4n) is 2.66. The molecular formula is C15H14N2O. The first-order valence-corrected chi connectivity index (χ1v) is 6.00. The zero-order valence-electron chi connectivity index (χ0n) is 10.7. The molecule has 3 heteroatoms. The van der Waals surface area contributed by atoms with Crippen LogP contribution in [0.3, 0.4) is 0 Å². The summed E-state index contributed by atoms with van der Waals surface area (Å²) < 4.78 is 0. The monoisotopic (exact) mass is 238 g/mol. The zero-order chi connectivity index (χ0) is 12.9. The van der Waals surface area contributed by atoms with E-state index in [0.29, 0.717) is 0 Å². The van der Waals surface area contributed by atoms with Crippen molar-refractivity contribution in [2.45, 2.75) is 26.2 Å². The van der Waals surface area contributed by atoms with Gasteiger partial charge in [0.05, 0.1) is 22.4 Å². The van der Waals surface area contributed by atoms with Gasteiger partial charge in [0.25, 0.3) is 0 Å². The van der Waals surface area contributed by atoms with Gasteiger partial charge in [-0.1, -0.05) is 12.1 Å². The van der Waals surface area contributed by atoms with Crippen LogP contribution in [0.5, 0.6) is 0 Å². The Morgan fingerprint density at radius 3 is 2.33 bits per heavy atom. The number of aromatic nitrogens is 2. The van der Waals surface area contributed by atoms with Gasteiger partial charge in [0, 0.05) is 11.0 Å². The van der Waals surface area contributed by atoms with Gasteiger partial charge < -0.3 is 0 Å². The van der Waals surface area contributed by atoms with Crippen molar-refractivity contribution >= 4 is 22.9 Å². The standard InChI is InChI=1S/C15H14N2O/c1-9-10(8-18)15(2,3)14-13(9)16-11-6-4-5-7-12(11)17-14/h4-8H,1-3H3. The van der Waals surface area contributed by atoms with Gasteiger partial charge in [-0.3, -0.25) is 4.79 Å². The minimum absolute atomic E-state index is 0.349. The molecular weight excluding hydrogens is 224 g/mol. The first kappa shape index (κ1) is 11.1. The van der Waals surface area contributed by atoms with Crippen LogP contribution in [-0.2, 0) is 10.2 Å². The Morgan fingerprint density at radius 2 is 1.72 bits per heavy atom. The molecule has 1 heterocycles. The molecule has 18 heavy (non-hydrogen) atoms. The Balaban J connectivity index is 2.39. The normalized spacial score (nSPS) is 17.1. The van der Waals surface area contributed by atoms with E-state index in [1.54, 1.807) is 0 Å². The van der Waals surface area contributed by atoms with E-state index in [1.165, 1.54) is 0 Å². The molecule has 0 radical (unpaired) electrons. The maximum atomic E-state index is 11.3. The number of para-hydroxylation sites is 2. The third kappa shape index (κ3) is 1.27. The van der Waals surface area contributed by atoms with Crippen LogP contribution in [0.25, 0.3) is 16.6 Å². The number of allylic oxidation sites excluding steroid dienone is 2. The van der Waals surface area contributed by atoms with Crippen LogP contribution >= 0.6 is 0 Å². The SMILES string of the molecule is CC1=C(C=O)C(C)(C)c2nc3ccccc3nc21. The van der Waals surface area contributed by atoms with E-state index in [2.05, 4.69) is 4.98 Å². The van der Waals surface area contributed by atoms with E-state index in [0.717, 1.165) is 39.9 Å². The van der Waals surface area contributed by atoms with Crippen molar-refractivity contribution in [3.8, 4) is 0 Å². The van der Waals surface area contributed by atoms with Crippen molar-refractivity contribution in [3.63, 3.8) is 0 Å². The van der Waals surface area contributed by atoms with Gasteiger partial charge >= 0.3 is 0 Å². The van der Waals surface area contributed by atoms with Gasteiger partial charge in [0.2, 0.25) is 0 Å². The second-order valence-electron chi connectivity index (χ2n) is 5.19. The van der Waals surface area contributed by atoms with Crippen molar-refractivity contribution in [1.29, 1.82) is 0 Å². The highest BCUT2D eigenvalue weighted by atomic mass is 16.1. The fourth-order valence-corrected chi connectivity index (χ4v) is 2.66. The third-order valence-corrected chi connectivity index (χ3v) is 3.71. The number of hydrogen-bond donors (Lipinski definition) is 0. The van der Waals surface area contributed by atoms with E-state index in [1.807, 2.05) is 45.0 Å². The number of hydrogen-bond acceptors (Lipinski definition) is 3. The van der Waals surface area contributed by atoms with Crippen LogP contribution in [0.2, 0.25) is 0 Å². The molecule has 2 aromatic rings. The maximum Gasteiger partial charge on any atom is 0.147 e. The number of fused-ring (bicyclic) bond motifs is 2. The number of rotatable bonds is 1. The van der Waals surface area contributed by atoms with E-state index in [-0.39, 0.29) is 5.41 Å². The minimum atomic E-state index is -0.349. The summed E-state index contributed by atoms with van der Waals surface area (Å²) in [7, 11) is 0. The van der Waals surface area contributed by atoms with Gasteiger partial charge in [-0.25, -0.2) is 9.97 Å². The molecule has 0 spiro atoms.